The predicted octanol–water partition coefficient (Wildman–Crippen LogP) is -0.835. The van der Waals surface area contributed by atoms with E-state index in [9.17, 15) is 14.4 Å². The van der Waals surface area contributed by atoms with Crippen LogP contribution >= 0.6 is 0 Å². The highest BCUT2D eigenvalue weighted by Crippen LogP contribution is 2.10. The first-order chi connectivity index (χ1) is 9.72. The third-order valence-electron chi connectivity index (χ3n) is 3.09. The molecule has 0 aliphatic heterocycles. The first kappa shape index (κ1) is 16.5. The molecule has 9 heteroatoms. The number of aliphatic carboxylic acids is 1. The number of urea groups is 1. The molecule has 0 saturated heterocycles. The summed E-state index contributed by atoms with van der Waals surface area (Å²) < 4.78 is 1.69. The fraction of sp³-hybridized carbons (Fsp3) is 0.500. The maximum atomic E-state index is 11.7. The van der Waals surface area contributed by atoms with Crippen molar-refractivity contribution in [1.82, 2.24) is 20.4 Å². The van der Waals surface area contributed by atoms with Gasteiger partial charge in [0, 0.05) is 24.8 Å². The van der Waals surface area contributed by atoms with Crippen molar-refractivity contribution in [2.24, 2.45) is 12.8 Å². The Hall–Kier alpha value is -2.58. The lowest BCUT2D eigenvalue weighted by molar-refractivity contribution is -0.140. The van der Waals surface area contributed by atoms with Gasteiger partial charge in [-0.3, -0.25) is 9.48 Å². The lowest BCUT2D eigenvalue weighted by Gasteiger charge is -2.13. The molecule has 0 unspecified atom stereocenters. The van der Waals surface area contributed by atoms with E-state index in [0.717, 1.165) is 17.0 Å². The topological polar surface area (TPSA) is 139 Å². The van der Waals surface area contributed by atoms with E-state index >= 15 is 0 Å². The number of primary amides is 1. The summed E-state index contributed by atoms with van der Waals surface area (Å²) >= 11 is 0. The van der Waals surface area contributed by atoms with Gasteiger partial charge in [-0.25, -0.2) is 9.59 Å². The molecule has 21 heavy (non-hydrogen) atoms. The van der Waals surface area contributed by atoms with Crippen molar-refractivity contribution < 1.29 is 19.5 Å². The SMILES string of the molecule is Cc1nn(C)c(C)c1CNC(=O)N[C@H](CC(N)=O)C(=O)O. The summed E-state index contributed by atoms with van der Waals surface area (Å²) in [4.78, 5) is 33.3. The molecule has 3 amide bonds. The minimum atomic E-state index is -1.35. The summed E-state index contributed by atoms with van der Waals surface area (Å²) in [6.07, 6.45) is -0.465. The third kappa shape index (κ3) is 4.48. The first-order valence-corrected chi connectivity index (χ1v) is 6.27. The van der Waals surface area contributed by atoms with E-state index in [1.165, 1.54) is 0 Å². The highest BCUT2D eigenvalue weighted by atomic mass is 16.4. The average molecular weight is 297 g/mol. The summed E-state index contributed by atoms with van der Waals surface area (Å²) in [7, 11) is 1.79. The van der Waals surface area contributed by atoms with E-state index in [1.807, 2.05) is 13.8 Å². The zero-order valence-corrected chi connectivity index (χ0v) is 12.1. The van der Waals surface area contributed by atoms with Gasteiger partial charge in [-0.1, -0.05) is 0 Å². The second-order valence-corrected chi connectivity index (χ2v) is 4.66. The van der Waals surface area contributed by atoms with Crippen LogP contribution in [0, 0.1) is 13.8 Å². The van der Waals surface area contributed by atoms with E-state index in [0.29, 0.717) is 0 Å². The molecule has 1 heterocycles. The average Bonchev–Trinajstić information content (AvgIpc) is 2.60. The lowest BCUT2D eigenvalue weighted by atomic mass is 10.2. The van der Waals surface area contributed by atoms with Gasteiger partial charge in [0.1, 0.15) is 6.04 Å². The number of hydrogen-bond donors (Lipinski definition) is 4. The van der Waals surface area contributed by atoms with Crippen molar-refractivity contribution in [3.63, 3.8) is 0 Å². The molecule has 1 aromatic heterocycles. The monoisotopic (exact) mass is 297 g/mol. The molecule has 0 saturated carbocycles. The van der Waals surface area contributed by atoms with Crippen LogP contribution in [0.4, 0.5) is 4.79 Å². The van der Waals surface area contributed by atoms with E-state index in [4.69, 9.17) is 10.8 Å². The largest absolute Gasteiger partial charge is 0.480 e. The van der Waals surface area contributed by atoms with Crippen LogP contribution in [0.2, 0.25) is 0 Å². The normalized spacial score (nSPS) is 11.8. The minimum absolute atomic E-state index is 0.209. The van der Waals surface area contributed by atoms with Crippen LogP contribution in [-0.2, 0) is 23.2 Å². The Balaban J connectivity index is 2.61. The maximum absolute atomic E-state index is 11.7. The molecule has 0 aromatic carbocycles. The van der Waals surface area contributed by atoms with Crippen LogP contribution in [0.25, 0.3) is 0 Å². The molecule has 0 bridgehead atoms. The number of nitrogens with one attached hydrogen (secondary N) is 2. The molecule has 0 aliphatic rings. The fourth-order valence-corrected chi connectivity index (χ4v) is 1.85. The Morgan fingerprint density at radius 2 is 2.00 bits per heavy atom. The highest BCUT2D eigenvalue weighted by Gasteiger charge is 2.22. The molecule has 0 aliphatic carbocycles. The van der Waals surface area contributed by atoms with Crippen LogP contribution in [0.1, 0.15) is 23.4 Å². The molecule has 1 rings (SSSR count). The van der Waals surface area contributed by atoms with Crippen molar-refractivity contribution in [3.8, 4) is 0 Å². The molecular formula is C12H19N5O4. The van der Waals surface area contributed by atoms with Gasteiger partial charge in [0.05, 0.1) is 12.1 Å². The molecule has 0 fully saturated rings. The number of hydrogen-bond acceptors (Lipinski definition) is 4. The first-order valence-electron chi connectivity index (χ1n) is 6.27. The Bertz CT molecular complexity index is 566. The maximum Gasteiger partial charge on any atom is 0.326 e. The van der Waals surface area contributed by atoms with Gasteiger partial charge in [-0.15, -0.1) is 0 Å². The van der Waals surface area contributed by atoms with Gasteiger partial charge in [0.15, 0.2) is 0 Å². The van der Waals surface area contributed by atoms with Gasteiger partial charge in [0.25, 0.3) is 0 Å². The summed E-state index contributed by atoms with van der Waals surface area (Å²) in [6.45, 7) is 3.89. The van der Waals surface area contributed by atoms with Crippen LogP contribution in [0.3, 0.4) is 0 Å². The lowest BCUT2D eigenvalue weighted by Crippen LogP contribution is -2.47. The number of amides is 3. The van der Waals surface area contributed by atoms with Crippen LogP contribution in [0.15, 0.2) is 0 Å². The third-order valence-corrected chi connectivity index (χ3v) is 3.09. The summed E-state index contributed by atoms with van der Waals surface area (Å²) in [5.41, 5.74) is 7.47. The Morgan fingerprint density at radius 3 is 2.43 bits per heavy atom. The number of carbonyl (C=O) groups excluding carboxylic acids is 2. The second kappa shape index (κ2) is 6.73. The smallest absolute Gasteiger partial charge is 0.326 e. The molecule has 1 atom stereocenters. The number of carboxylic acids is 1. The Morgan fingerprint density at radius 1 is 1.38 bits per heavy atom. The number of aryl methyl sites for hydroxylation is 2. The zero-order valence-electron chi connectivity index (χ0n) is 12.1. The van der Waals surface area contributed by atoms with Gasteiger partial charge in [-0.05, 0) is 13.8 Å². The number of carbonyl (C=O) groups is 3. The fourth-order valence-electron chi connectivity index (χ4n) is 1.85. The van der Waals surface area contributed by atoms with Gasteiger partial charge in [-0.2, -0.15) is 5.10 Å². The molecular weight excluding hydrogens is 278 g/mol. The minimum Gasteiger partial charge on any atom is -0.480 e. The highest BCUT2D eigenvalue weighted by molar-refractivity contribution is 5.87. The van der Waals surface area contributed by atoms with E-state index in [2.05, 4.69) is 15.7 Å². The van der Waals surface area contributed by atoms with E-state index in [-0.39, 0.29) is 6.54 Å². The molecule has 0 spiro atoms. The van der Waals surface area contributed by atoms with Gasteiger partial charge >= 0.3 is 12.0 Å². The molecule has 5 N–H and O–H groups in total. The summed E-state index contributed by atoms with van der Waals surface area (Å²) in [5, 5.41) is 17.8. The molecule has 9 nitrogen and oxygen atoms in total. The summed E-state index contributed by atoms with van der Waals surface area (Å²) in [5.74, 6) is -2.13. The Kier molecular flexibility index (Phi) is 5.28. The number of carboxylic acid groups (broad SMARTS) is 1. The molecule has 0 radical (unpaired) electrons. The van der Waals surface area contributed by atoms with Crippen LogP contribution < -0.4 is 16.4 Å². The Labute approximate surface area is 121 Å². The van der Waals surface area contributed by atoms with Crippen molar-refractivity contribution in [3.05, 3.63) is 17.0 Å². The predicted molar refractivity (Wildman–Crippen MR) is 73.3 cm³/mol. The molecule has 1 aromatic rings. The standard InChI is InChI=1S/C12H19N5O4/c1-6-8(7(2)17(3)16-6)5-14-12(21)15-9(11(19)20)4-10(13)18/h9H,4-5H2,1-3H3,(H2,13,18)(H,19,20)(H2,14,15,21)/t9-/m1/s1. The second-order valence-electron chi connectivity index (χ2n) is 4.66. The van der Waals surface area contributed by atoms with Crippen molar-refractivity contribution in [2.45, 2.75) is 32.9 Å². The summed E-state index contributed by atoms with van der Waals surface area (Å²) in [6, 6.07) is -2.04. The number of rotatable bonds is 6. The number of aromatic nitrogens is 2. The molecule has 116 valence electrons. The quantitative estimate of drug-likeness (QED) is 0.542. The van der Waals surface area contributed by atoms with Gasteiger partial charge < -0.3 is 21.5 Å². The van der Waals surface area contributed by atoms with Crippen LogP contribution in [-0.4, -0.2) is 38.8 Å². The zero-order chi connectivity index (χ0) is 16.2. The van der Waals surface area contributed by atoms with Crippen molar-refractivity contribution in [1.29, 1.82) is 0 Å². The van der Waals surface area contributed by atoms with Crippen molar-refractivity contribution in [2.75, 3.05) is 0 Å². The van der Waals surface area contributed by atoms with E-state index < -0.39 is 30.4 Å². The van der Waals surface area contributed by atoms with E-state index in [1.54, 1.807) is 11.7 Å². The number of nitrogens with zero attached hydrogens (tertiary/aromatic N) is 2. The van der Waals surface area contributed by atoms with Gasteiger partial charge in [0.2, 0.25) is 5.91 Å². The van der Waals surface area contributed by atoms with Crippen molar-refractivity contribution >= 4 is 17.9 Å². The van der Waals surface area contributed by atoms with Crippen LogP contribution in [0.5, 0.6) is 0 Å². The number of nitrogens with two attached hydrogens (primary N) is 1.